The van der Waals surface area contributed by atoms with Crippen molar-refractivity contribution < 1.29 is 103 Å². The Morgan fingerprint density at radius 3 is 0.891 bits per heavy atom. The Morgan fingerprint density at radius 1 is 0.347 bits per heavy atom. The molecule has 4 aromatic carbocycles. The van der Waals surface area contributed by atoms with Gasteiger partial charge in [-0.2, -0.15) is 0 Å². The highest BCUT2D eigenvalue weighted by atomic mass is 16.5. The summed E-state index contributed by atoms with van der Waals surface area (Å²) in [5, 5.41) is 112. The van der Waals surface area contributed by atoms with Gasteiger partial charge in [0.1, 0.15) is 0 Å². The molecule has 33 heteroatoms. The number of hydrogen-bond donors (Lipinski definition) is 16. The number of carbonyl (C=O) groups excluding carboxylic acids is 7. The van der Waals surface area contributed by atoms with Crippen molar-refractivity contribution in [1.82, 2.24) is 62.1 Å². The maximum absolute atomic E-state index is 14.2. The Bertz CT molecular complexity index is 3340. The van der Waals surface area contributed by atoms with Crippen molar-refractivity contribution in [2.75, 3.05) is 205 Å². The van der Waals surface area contributed by atoms with Crippen molar-refractivity contribution in [3.8, 4) is 46.0 Å². The fraction of sp³-hybridized carbons (Fsp3) is 0.515. The van der Waals surface area contributed by atoms with E-state index in [1.165, 1.54) is 48.5 Å². The Balaban J connectivity index is 1.23. The molecule has 0 aliphatic carbocycles. The Hall–Kier alpha value is -9.29. The zero-order chi connectivity index (χ0) is 73.4. The lowest BCUT2D eigenvalue weighted by molar-refractivity contribution is 0.0196. The normalized spacial score (nSPS) is 17.5. The summed E-state index contributed by atoms with van der Waals surface area (Å²) in [6.07, 6.45) is 0. The minimum atomic E-state index is -0.864. The minimum Gasteiger partial charge on any atom is -0.504 e. The molecule has 0 fully saturated rings. The van der Waals surface area contributed by atoms with E-state index >= 15 is 0 Å². The number of phenols is 8. The lowest BCUT2D eigenvalue weighted by Gasteiger charge is -2.32. The predicted octanol–water partition coefficient (Wildman–Crippen LogP) is -0.280. The van der Waals surface area contributed by atoms with Crippen LogP contribution < -0.4 is 42.5 Å². The highest BCUT2D eigenvalue weighted by Gasteiger charge is 2.29. The summed E-state index contributed by atoms with van der Waals surface area (Å²) in [7, 11) is 3.13. The second-order valence-electron chi connectivity index (χ2n) is 24.0. The van der Waals surface area contributed by atoms with Crippen LogP contribution in [0, 0.1) is 5.92 Å². The quantitative estimate of drug-likeness (QED) is 0.0355. The second kappa shape index (κ2) is 42.1. The van der Waals surface area contributed by atoms with Crippen LogP contribution in [-0.4, -0.2) is 312 Å². The van der Waals surface area contributed by atoms with Gasteiger partial charge < -0.3 is 112 Å². The van der Waals surface area contributed by atoms with Crippen molar-refractivity contribution in [3.63, 3.8) is 0 Å². The minimum absolute atomic E-state index is 0.0125. The largest absolute Gasteiger partial charge is 0.504 e. The molecule has 556 valence electrons. The Morgan fingerprint density at radius 2 is 0.584 bits per heavy atom. The van der Waals surface area contributed by atoms with E-state index in [-0.39, 0.29) is 174 Å². The molecule has 7 amide bonds. The standard InChI is InChI=1S/C68H98N12O21/c1-43(2)53-42-80(27-20-75-67(94)51-13-12-50(59(86)60(51)87)64(91)72-17-24-78(30-32-98-38-40-100-36-34-96-4)21-14-69-44(3)45-6-7-52(68(95)76-53)61(88)54(45)81)29-28-77-22-15-70-62(89)46-8-10-48(57(84)55(46)82)65(92)73-18-25-79(31-33-99-39-41-101-37-35-97-5)26-19-74-66(93)49-11-9-47(56(83)58(49)85)63(90)71-16-23-77/h6-13,43,53,69,81-88H,3,14-42H2,1-2,4-5H3,(H,70,89)(H,71,90)(H,72,91)(H,73,92)(H,74,93)(H,75,94)(H,76,95). The molecule has 0 saturated heterocycles. The van der Waals surface area contributed by atoms with Gasteiger partial charge in [0.05, 0.1) is 105 Å². The number of nitrogens with one attached hydrogen (secondary N) is 8. The lowest BCUT2D eigenvalue weighted by Crippen LogP contribution is -2.50. The molecule has 0 saturated carbocycles. The number of methoxy groups -OCH3 is 2. The average molecular weight is 1420 g/mol. The number of phenolic OH excluding ortho intramolecular Hbond substituents is 8. The maximum atomic E-state index is 14.2. The first-order valence-electron chi connectivity index (χ1n) is 33.4. The van der Waals surface area contributed by atoms with E-state index in [2.05, 4.69) is 49.1 Å². The van der Waals surface area contributed by atoms with Gasteiger partial charge >= 0.3 is 0 Å². The third kappa shape index (κ3) is 24.8. The van der Waals surface area contributed by atoms with Crippen LogP contribution >= 0.6 is 0 Å². The first-order valence-corrected chi connectivity index (χ1v) is 33.4. The molecule has 8 heterocycles. The van der Waals surface area contributed by atoms with Gasteiger partial charge in [0.2, 0.25) is 0 Å². The molecule has 8 aliphatic rings. The summed E-state index contributed by atoms with van der Waals surface area (Å²) >= 11 is 0. The van der Waals surface area contributed by atoms with E-state index in [1.54, 1.807) is 14.2 Å². The molecule has 8 bridgehead atoms. The highest BCUT2D eigenvalue weighted by Crippen LogP contribution is 2.37. The molecule has 12 rings (SSSR count). The number of rotatable bonds is 22. The molecule has 4 aromatic rings. The van der Waals surface area contributed by atoms with Crippen LogP contribution in [0.15, 0.2) is 55.1 Å². The monoisotopic (exact) mass is 1420 g/mol. The molecule has 101 heavy (non-hydrogen) atoms. The molecule has 33 nitrogen and oxygen atoms in total. The molecule has 0 spiro atoms. The van der Waals surface area contributed by atoms with E-state index < -0.39 is 93.4 Å². The van der Waals surface area contributed by atoms with Crippen molar-refractivity contribution in [2.24, 2.45) is 5.92 Å². The molecule has 1 atom stereocenters. The van der Waals surface area contributed by atoms with Crippen molar-refractivity contribution in [1.29, 1.82) is 0 Å². The molecule has 0 aromatic heterocycles. The van der Waals surface area contributed by atoms with Gasteiger partial charge in [0, 0.05) is 156 Å². The zero-order valence-corrected chi connectivity index (χ0v) is 57.7. The summed E-state index contributed by atoms with van der Waals surface area (Å²) in [5.41, 5.74) is -1.96. The Labute approximate surface area is 586 Å². The lowest BCUT2D eigenvalue weighted by atomic mass is 10.0. The van der Waals surface area contributed by atoms with Crippen LogP contribution in [0.25, 0.3) is 5.70 Å². The summed E-state index contributed by atoms with van der Waals surface area (Å²) in [4.78, 5) is 103. The number of aromatic hydroxyl groups is 8. The number of amides is 7. The van der Waals surface area contributed by atoms with Gasteiger partial charge in [-0.3, -0.25) is 53.2 Å². The number of hydrogen-bond acceptors (Lipinski definition) is 26. The van der Waals surface area contributed by atoms with Gasteiger partial charge in [-0.15, -0.1) is 0 Å². The molecule has 8 aliphatic heterocycles. The summed E-state index contributed by atoms with van der Waals surface area (Å²) in [6.45, 7) is 13.5. The van der Waals surface area contributed by atoms with E-state index in [0.29, 0.717) is 72.5 Å². The zero-order valence-electron chi connectivity index (χ0n) is 57.7. The summed E-state index contributed by atoms with van der Waals surface area (Å²) in [6, 6.07) is 9.19. The van der Waals surface area contributed by atoms with Gasteiger partial charge in [0.25, 0.3) is 41.4 Å². The van der Waals surface area contributed by atoms with E-state index in [0.717, 1.165) is 0 Å². The maximum Gasteiger partial charge on any atom is 0.255 e. The highest BCUT2D eigenvalue weighted by molar-refractivity contribution is 6.05. The second-order valence-corrected chi connectivity index (χ2v) is 24.0. The third-order valence-corrected chi connectivity index (χ3v) is 16.7. The molecule has 1 unspecified atom stereocenters. The van der Waals surface area contributed by atoms with E-state index in [1.807, 2.05) is 33.4 Å². The Kier molecular flexibility index (Phi) is 33.6. The molecule has 0 radical (unpaired) electrons. The first kappa shape index (κ1) is 80.7. The van der Waals surface area contributed by atoms with Crippen molar-refractivity contribution in [3.05, 3.63) is 99.6 Å². The summed E-state index contributed by atoms with van der Waals surface area (Å²) in [5.74, 6) is -12.3. The van der Waals surface area contributed by atoms with Crippen molar-refractivity contribution in [2.45, 2.75) is 19.9 Å². The number of benzene rings is 4. The SMILES string of the molecule is C=C1NCCN(CCOCCOCCOC)CCNC(=O)c2ccc(c(O)c2O)C(=O)NCCN(CCN2CCNC(=O)c3ccc(c(O)c3O)C(=O)NCCN(CCOCCOCCOC)CCNC(=O)c3ccc(c(O)c3O)C(=O)NCC2)CC(C(C)C)NC(=O)c2ccc1c(O)c2O. The fourth-order valence-corrected chi connectivity index (χ4v) is 10.7. The average Bonchev–Trinajstić information content (AvgIpc) is 0.843. The molecular formula is C68H98N12O21. The van der Waals surface area contributed by atoms with Gasteiger partial charge in [-0.25, -0.2) is 0 Å². The van der Waals surface area contributed by atoms with Crippen LogP contribution in [0.1, 0.15) is 91.9 Å². The molecular weight excluding hydrogens is 1320 g/mol. The van der Waals surface area contributed by atoms with E-state index in [4.69, 9.17) is 28.4 Å². The fourth-order valence-electron chi connectivity index (χ4n) is 10.7. The number of ether oxygens (including phenoxy) is 6. The van der Waals surface area contributed by atoms with Crippen LogP contribution in [0.3, 0.4) is 0 Å². The van der Waals surface area contributed by atoms with Gasteiger partial charge in [-0.05, 0) is 54.4 Å². The third-order valence-electron chi connectivity index (χ3n) is 16.7. The predicted molar refractivity (Wildman–Crippen MR) is 369 cm³/mol. The van der Waals surface area contributed by atoms with Crippen LogP contribution in [0.4, 0.5) is 0 Å². The van der Waals surface area contributed by atoms with Crippen LogP contribution in [0.5, 0.6) is 46.0 Å². The number of carbonyl (C=O) groups is 7. The number of nitrogens with zero attached hydrogens (tertiary/aromatic N) is 4. The van der Waals surface area contributed by atoms with Crippen LogP contribution in [0.2, 0.25) is 0 Å². The van der Waals surface area contributed by atoms with E-state index in [9.17, 15) is 74.4 Å². The van der Waals surface area contributed by atoms with Gasteiger partial charge in [0.15, 0.2) is 46.0 Å². The first-order chi connectivity index (χ1) is 48.6. The van der Waals surface area contributed by atoms with Gasteiger partial charge in [-0.1, -0.05) is 20.4 Å². The summed E-state index contributed by atoms with van der Waals surface area (Å²) < 4.78 is 32.4. The topological polar surface area (TPSA) is 446 Å². The van der Waals surface area contributed by atoms with Crippen molar-refractivity contribution >= 4 is 47.0 Å². The smallest absolute Gasteiger partial charge is 0.255 e. The van der Waals surface area contributed by atoms with Crippen LogP contribution in [-0.2, 0) is 28.4 Å². The molecule has 16 N–H and O–H groups in total.